The van der Waals surface area contributed by atoms with Crippen molar-refractivity contribution in [3.05, 3.63) is 29.6 Å². The van der Waals surface area contributed by atoms with Gasteiger partial charge in [-0.25, -0.2) is 4.39 Å². The van der Waals surface area contributed by atoms with Crippen molar-refractivity contribution in [2.75, 3.05) is 11.5 Å². The third-order valence-corrected chi connectivity index (χ3v) is 3.85. The summed E-state index contributed by atoms with van der Waals surface area (Å²) in [5, 5.41) is 0.209. The van der Waals surface area contributed by atoms with Crippen molar-refractivity contribution in [2.45, 2.75) is 32.1 Å². The maximum Gasteiger partial charge on any atom is 0.128 e. The number of hydrogen-bond donors (Lipinski definition) is 2. The van der Waals surface area contributed by atoms with Crippen molar-refractivity contribution < 1.29 is 4.39 Å². The first-order valence-electron chi connectivity index (χ1n) is 6.07. The molecular weight excluding hydrogens is 249 g/mol. The molecule has 18 heavy (non-hydrogen) atoms. The number of nitrogens with two attached hydrogens (primary N) is 2. The number of aliphatic imine (C=N–C) groups is 1. The quantitative estimate of drug-likeness (QED) is 0.770. The number of anilines is 1. The molecule has 1 aromatic rings. The van der Waals surface area contributed by atoms with Gasteiger partial charge in [0.25, 0.3) is 0 Å². The lowest BCUT2D eigenvalue weighted by molar-refractivity contribution is 0.595. The van der Waals surface area contributed by atoms with Crippen LogP contribution in [0.2, 0.25) is 0 Å². The number of hydrogen-bond acceptors (Lipinski definition) is 4. The lowest BCUT2D eigenvalue weighted by Crippen LogP contribution is -2.29. The maximum absolute atomic E-state index is 13.6. The molecule has 0 saturated carbocycles. The van der Waals surface area contributed by atoms with E-state index in [9.17, 15) is 4.39 Å². The van der Waals surface area contributed by atoms with Crippen LogP contribution in [0.3, 0.4) is 0 Å². The van der Waals surface area contributed by atoms with Crippen LogP contribution in [-0.4, -0.2) is 16.8 Å². The fraction of sp³-hybridized carbons (Fsp3) is 0.462. The lowest BCUT2D eigenvalue weighted by atomic mass is 10.1. The largest absolute Gasteiger partial charge is 0.399 e. The molecule has 2 rings (SSSR count). The molecule has 4 N–H and O–H groups in total. The summed E-state index contributed by atoms with van der Waals surface area (Å²) < 4.78 is 13.6. The molecule has 1 heterocycles. The zero-order valence-electron chi connectivity index (χ0n) is 11.0. The Labute approximate surface area is 112 Å². The van der Waals surface area contributed by atoms with Crippen molar-refractivity contribution in [3.63, 3.8) is 0 Å². The Morgan fingerprint density at radius 3 is 2.61 bits per heavy atom. The molecule has 3 nitrogen and oxygen atoms in total. The van der Waals surface area contributed by atoms with Gasteiger partial charge in [-0.3, -0.25) is 4.99 Å². The van der Waals surface area contributed by atoms with E-state index in [1.807, 2.05) is 20.8 Å². The van der Waals surface area contributed by atoms with E-state index in [2.05, 4.69) is 4.99 Å². The summed E-state index contributed by atoms with van der Waals surface area (Å²) in [6.07, 6.45) is 0. The van der Waals surface area contributed by atoms with E-state index >= 15 is 0 Å². The van der Waals surface area contributed by atoms with Crippen LogP contribution in [0.15, 0.2) is 23.2 Å². The van der Waals surface area contributed by atoms with E-state index in [1.165, 1.54) is 6.07 Å². The third kappa shape index (κ3) is 3.38. The first kappa shape index (κ1) is 14.8. The molecule has 0 amide bonds. The van der Waals surface area contributed by atoms with Gasteiger partial charge in [0.15, 0.2) is 0 Å². The zero-order chi connectivity index (χ0) is 13.7. The zero-order valence-corrected chi connectivity index (χ0v) is 11.8. The Kier molecular flexibility index (Phi) is 5.47. The first-order valence-corrected chi connectivity index (χ1v) is 7.12. The summed E-state index contributed by atoms with van der Waals surface area (Å²) >= 11 is 1.68. The Morgan fingerprint density at radius 2 is 2.00 bits per heavy atom. The lowest BCUT2D eigenvalue weighted by Gasteiger charge is -2.23. The van der Waals surface area contributed by atoms with Gasteiger partial charge in [-0.05, 0) is 25.1 Å². The van der Waals surface area contributed by atoms with E-state index in [0.717, 1.165) is 5.75 Å². The highest BCUT2D eigenvalue weighted by Gasteiger charge is 2.23. The second-order valence-corrected chi connectivity index (χ2v) is 5.20. The minimum absolute atomic E-state index is 0.209. The number of thioether (sulfide) groups is 1. The van der Waals surface area contributed by atoms with Gasteiger partial charge in [-0.15, -0.1) is 11.8 Å². The number of nitrogens with zero attached hydrogens (tertiary/aromatic N) is 1. The molecule has 1 aliphatic rings. The fourth-order valence-electron chi connectivity index (χ4n) is 1.62. The van der Waals surface area contributed by atoms with Gasteiger partial charge in [0.05, 0.1) is 11.3 Å². The minimum atomic E-state index is -0.272. The summed E-state index contributed by atoms with van der Waals surface area (Å²) in [6, 6.07) is 4.33. The SMILES string of the molecule is CC.CC1SCC(c2cc(N)ccc2F)N=C1N. The molecule has 0 fully saturated rings. The predicted octanol–water partition coefficient (Wildman–Crippen LogP) is 2.97. The van der Waals surface area contributed by atoms with Gasteiger partial charge in [0.1, 0.15) is 11.7 Å². The van der Waals surface area contributed by atoms with Crippen LogP contribution in [0, 0.1) is 5.82 Å². The van der Waals surface area contributed by atoms with Gasteiger partial charge in [0.2, 0.25) is 0 Å². The van der Waals surface area contributed by atoms with Crippen molar-refractivity contribution in [1.29, 1.82) is 0 Å². The monoisotopic (exact) mass is 269 g/mol. The topological polar surface area (TPSA) is 64.4 Å². The van der Waals surface area contributed by atoms with Crippen LogP contribution in [-0.2, 0) is 0 Å². The molecule has 0 aromatic heterocycles. The predicted molar refractivity (Wildman–Crippen MR) is 78.4 cm³/mol. The van der Waals surface area contributed by atoms with Gasteiger partial charge in [0, 0.05) is 17.0 Å². The van der Waals surface area contributed by atoms with E-state index in [-0.39, 0.29) is 17.1 Å². The maximum atomic E-state index is 13.6. The molecule has 1 aliphatic heterocycles. The summed E-state index contributed by atoms with van der Waals surface area (Å²) in [6.45, 7) is 6.00. The second kappa shape index (κ2) is 6.64. The van der Waals surface area contributed by atoms with Crippen LogP contribution in [0.5, 0.6) is 0 Å². The van der Waals surface area contributed by atoms with Gasteiger partial charge >= 0.3 is 0 Å². The standard InChI is InChI=1S/C11H14FN3S.C2H6/c1-6-11(14)15-10(5-16-6)8-4-7(13)2-3-9(8)12;1-2/h2-4,6,10H,5,13H2,1H3,(H2,14,15);1-2H3. The van der Waals surface area contributed by atoms with Crippen LogP contribution < -0.4 is 11.5 Å². The molecular formula is C13H20FN3S. The average Bonchev–Trinajstić information content (AvgIpc) is 2.38. The van der Waals surface area contributed by atoms with E-state index < -0.39 is 0 Å². The van der Waals surface area contributed by atoms with Crippen molar-refractivity contribution in [1.82, 2.24) is 0 Å². The summed E-state index contributed by atoms with van der Waals surface area (Å²) in [7, 11) is 0. The number of amidine groups is 1. The molecule has 0 bridgehead atoms. The Morgan fingerprint density at radius 1 is 1.33 bits per heavy atom. The molecule has 0 aliphatic carbocycles. The summed E-state index contributed by atoms with van der Waals surface area (Å²) in [4.78, 5) is 4.31. The molecule has 1 aromatic carbocycles. The van der Waals surface area contributed by atoms with Crippen LogP contribution in [0.1, 0.15) is 32.4 Å². The fourth-order valence-corrected chi connectivity index (χ4v) is 2.58. The molecule has 100 valence electrons. The van der Waals surface area contributed by atoms with E-state index in [4.69, 9.17) is 11.5 Å². The normalized spacial score (nSPS) is 22.8. The Bertz CT molecular complexity index is 434. The highest BCUT2D eigenvalue weighted by Crippen LogP contribution is 2.31. The third-order valence-electron chi connectivity index (χ3n) is 2.60. The van der Waals surface area contributed by atoms with Crippen LogP contribution >= 0.6 is 11.8 Å². The number of nitrogen functional groups attached to an aromatic ring is 1. The van der Waals surface area contributed by atoms with Gasteiger partial charge in [-0.1, -0.05) is 13.8 Å². The first-order chi connectivity index (χ1) is 8.58. The smallest absolute Gasteiger partial charge is 0.128 e. The summed E-state index contributed by atoms with van der Waals surface area (Å²) in [5.41, 5.74) is 12.5. The van der Waals surface area contributed by atoms with E-state index in [1.54, 1.807) is 23.9 Å². The van der Waals surface area contributed by atoms with Gasteiger partial charge < -0.3 is 11.5 Å². The molecule has 5 heteroatoms. The molecule has 0 radical (unpaired) electrons. The van der Waals surface area contributed by atoms with Crippen LogP contribution in [0.25, 0.3) is 0 Å². The molecule has 0 spiro atoms. The number of halogens is 1. The average molecular weight is 269 g/mol. The van der Waals surface area contributed by atoms with E-state index in [0.29, 0.717) is 17.1 Å². The molecule has 0 saturated heterocycles. The van der Waals surface area contributed by atoms with Crippen LogP contribution in [0.4, 0.5) is 10.1 Å². The van der Waals surface area contributed by atoms with Crippen molar-refractivity contribution in [2.24, 2.45) is 10.7 Å². The highest BCUT2D eigenvalue weighted by atomic mass is 32.2. The summed E-state index contributed by atoms with van der Waals surface area (Å²) in [5.74, 6) is 1.04. The Hall–Kier alpha value is -1.23. The molecule has 2 atom stereocenters. The number of benzene rings is 1. The Balaban J connectivity index is 0.000000771. The number of rotatable bonds is 1. The highest BCUT2D eigenvalue weighted by molar-refractivity contribution is 8.00. The minimum Gasteiger partial charge on any atom is -0.399 e. The second-order valence-electron chi connectivity index (χ2n) is 3.83. The van der Waals surface area contributed by atoms with Crippen molar-refractivity contribution >= 4 is 23.3 Å². The molecule has 2 unspecified atom stereocenters. The van der Waals surface area contributed by atoms with Crippen molar-refractivity contribution in [3.8, 4) is 0 Å². The van der Waals surface area contributed by atoms with Gasteiger partial charge in [-0.2, -0.15) is 0 Å².